The van der Waals surface area contributed by atoms with Crippen molar-refractivity contribution in [3.05, 3.63) is 113 Å². The van der Waals surface area contributed by atoms with E-state index in [1.54, 1.807) is 18.2 Å². The number of benzene rings is 4. The number of nitro benzene ring substituents is 1. The van der Waals surface area contributed by atoms with Crippen LogP contribution in [0.2, 0.25) is 0 Å². The summed E-state index contributed by atoms with van der Waals surface area (Å²) < 4.78 is 0. The van der Waals surface area contributed by atoms with Gasteiger partial charge in [0.2, 0.25) is 0 Å². The second kappa shape index (κ2) is 9.47. The van der Waals surface area contributed by atoms with Crippen LogP contribution in [0.15, 0.2) is 103 Å². The molecule has 0 atom stereocenters. The molecule has 0 radical (unpaired) electrons. The van der Waals surface area contributed by atoms with E-state index in [4.69, 9.17) is 0 Å². The SMILES string of the molecule is CC.O=[N+]([O-])c1ccccc1-c1cc(-c2ccccc2)cc(-c2ccccc2)c1. The lowest BCUT2D eigenvalue weighted by atomic mass is 9.93. The fourth-order valence-corrected chi connectivity index (χ4v) is 3.25. The van der Waals surface area contributed by atoms with Gasteiger partial charge >= 0.3 is 0 Å². The van der Waals surface area contributed by atoms with E-state index in [-0.39, 0.29) is 10.6 Å². The van der Waals surface area contributed by atoms with Crippen LogP contribution in [0.1, 0.15) is 13.8 Å². The summed E-state index contributed by atoms with van der Waals surface area (Å²) in [5, 5.41) is 11.5. The van der Waals surface area contributed by atoms with Crippen LogP contribution in [-0.2, 0) is 0 Å². The zero-order chi connectivity index (χ0) is 20.6. The highest BCUT2D eigenvalue weighted by Crippen LogP contribution is 2.36. The highest BCUT2D eigenvalue weighted by molar-refractivity contribution is 5.84. The number of nitrogens with zero attached hydrogens (tertiary/aromatic N) is 1. The Morgan fingerprint density at radius 2 is 0.966 bits per heavy atom. The first-order valence-corrected chi connectivity index (χ1v) is 9.72. The minimum atomic E-state index is -0.327. The Kier molecular flexibility index (Phi) is 6.54. The first-order valence-electron chi connectivity index (χ1n) is 9.72. The lowest BCUT2D eigenvalue weighted by Crippen LogP contribution is -1.92. The molecule has 0 saturated carbocycles. The van der Waals surface area contributed by atoms with Crippen molar-refractivity contribution < 1.29 is 4.92 Å². The summed E-state index contributed by atoms with van der Waals surface area (Å²) in [6, 6.07) is 33.2. The van der Waals surface area contributed by atoms with E-state index < -0.39 is 0 Å². The molecule has 0 heterocycles. The minimum absolute atomic E-state index is 0.113. The summed E-state index contributed by atoms with van der Waals surface area (Å²) in [5.74, 6) is 0. The molecule has 0 fully saturated rings. The molecule has 0 aliphatic carbocycles. The molecule has 3 nitrogen and oxygen atoms in total. The maximum Gasteiger partial charge on any atom is 0.277 e. The van der Waals surface area contributed by atoms with Gasteiger partial charge < -0.3 is 0 Å². The van der Waals surface area contributed by atoms with Gasteiger partial charge in [0.25, 0.3) is 5.69 Å². The summed E-state index contributed by atoms with van der Waals surface area (Å²) >= 11 is 0. The summed E-state index contributed by atoms with van der Waals surface area (Å²) in [6.07, 6.45) is 0. The molecule has 0 N–H and O–H groups in total. The Morgan fingerprint density at radius 1 is 0.552 bits per heavy atom. The third-order valence-electron chi connectivity index (χ3n) is 4.56. The third-order valence-corrected chi connectivity index (χ3v) is 4.56. The number of para-hydroxylation sites is 1. The molecule has 29 heavy (non-hydrogen) atoms. The summed E-state index contributed by atoms with van der Waals surface area (Å²) in [5.41, 5.74) is 5.79. The van der Waals surface area contributed by atoms with Crippen molar-refractivity contribution in [1.29, 1.82) is 0 Å². The predicted molar refractivity (Wildman–Crippen MR) is 121 cm³/mol. The largest absolute Gasteiger partial charge is 0.277 e. The molecule has 0 bridgehead atoms. The Bertz CT molecular complexity index is 1030. The van der Waals surface area contributed by atoms with Gasteiger partial charge in [-0.3, -0.25) is 10.1 Å². The fraction of sp³-hybridized carbons (Fsp3) is 0.0769. The molecular formula is C26H23NO2. The van der Waals surface area contributed by atoms with Gasteiger partial charge in [-0.1, -0.05) is 86.6 Å². The second-order valence-corrected chi connectivity index (χ2v) is 6.31. The molecule has 3 heteroatoms. The van der Waals surface area contributed by atoms with E-state index in [2.05, 4.69) is 6.07 Å². The van der Waals surface area contributed by atoms with Gasteiger partial charge in [-0.2, -0.15) is 0 Å². The van der Waals surface area contributed by atoms with Crippen LogP contribution in [0.5, 0.6) is 0 Å². The molecule has 4 aromatic carbocycles. The number of hydrogen-bond acceptors (Lipinski definition) is 2. The Labute approximate surface area is 171 Å². The zero-order valence-corrected chi connectivity index (χ0v) is 16.6. The normalized spacial score (nSPS) is 10.0. The Morgan fingerprint density at radius 3 is 1.45 bits per heavy atom. The summed E-state index contributed by atoms with van der Waals surface area (Å²) in [4.78, 5) is 11.2. The van der Waals surface area contributed by atoms with E-state index >= 15 is 0 Å². The standard InChI is InChI=1S/C24H17NO2.C2H6/c26-25(27)24-14-8-7-13-23(24)22-16-20(18-9-3-1-4-10-18)15-21(17-22)19-11-5-2-6-12-19;1-2/h1-17H;1-2H3. The lowest BCUT2D eigenvalue weighted by Gasteiger charge is -2.11. The van der Waals surface area contributed by atoms with Gasteiger partial charge in [0.05, 0.1) is 10.5 Å². The molecule has 0 aromatic heterocycles. The fourth-order valence-electron chi connectivity index (χ4n) is 3.25. The Hall–Kier alpha value is -3.72. The maximum absolute atomic E-state index is 11.5. The monoisotopic (exact) mass is 381 g/mol. The molecular weight excluding hydrogens is 358 g/mol. The van der Waals surface area contributed by atoms with Crippen LogP contribution in [0.25, 0.3) is 33.4 Å². The van der Waals surface area contributed by atoms with Crippen LogP contribution in [0.4, 0.5) is 5.69 Å². The van der Waals surface area contributed by atoms with E-state index in [9.17, 15) is 10.1 Å². The van der Waals surface area contributed by atoms with Crippen LogP contribution in [-0.4, -0.2) is 4.92 Å². The number of nitro groups is 1. The third kappa shape index (κ3) is 4.58. The van der Waals surface area contributed by atoms with Gasteiger partial charge in [0.1, 0.15) is 0 Å². The molecule has 0 spiro atoms. The smallest absolute Gasteiger partial charge is 0.258 e. The van der Waals surface area contributed by atoms with Crippen LogP contribution in [0, 0.1) is 10.1 Å². The summed E-state index contributed by atoms with van der Waals surface area (Å²) in [7, 11) is 0. The van der Waals surface area contributed by atoms with Gasteiger partial charge in [0.15, 0.2) is 0 Å². The molecule has 0 aliphatic heterocycles. The Balaban J connectivity index is 0.00000117. The quantitative estimate of drug-likeness (QED) is 0.269. The maximum atomic E-state index is 11.5. The van der Waals surface area contributed by atoms with Gasteiger partial charge in [0, 0.05) is 6.07 Å². The topological polar surface area (TPSA) is 43.1 Å². The molecule has 0 saturated heterocycles. The van der Waals surface area contributed by atoms with E-state index in [0.717, 1.165) is 27.8 Å². The van der Waals surface area contributed by atoms with Gasteiger partial charge in [-0.15, -0.1) is 0 Å². The van der Waals surface area contributed by atoms with Crippen molar-refractivity contribution in [1.82, 2.24) is 0 Å². The molecule has 0 aliphatic rings. The molecule has 0 unspecified atom stereocenters. The van der Waals surface area contributed by atoms with Crippen molar-refractivity contribution in [2.24, 2.45) is 0 Å². The highest BCUT2D eigenvalue weighted by Gasteiger charge is 2.16. The number of rotatable bonds is 4. The van der Waals surface area contributed by atoms with Crippen molar-refractivity contribution in [3.63, 3.8) is 0 Å². The van der Waals surface area contributed by atoms with Crippen molar-refractivity contribution in [3.8, 4) is 33.4 Å². The van der Waals surface area contributed by atoms with Crippen LogP contribution >= 0.6 is 0 Å². The van der Waals surface area contributed by atoms with Crippen LogP contribution in [0.3, 0.4) is 0 Å². The highest BCUT2D eigenvalue weighted by atomic mass is 16.6. The second-order valence-electron chi connectivity index (χ2n) is 6.31. The van der Waals surface area contributed by atoms with Gasteiger partial charge in [-0.25, -0.2) is 0 Å². The summed E-state index contributed by atoms with van der Waals surface area (Å²) in [6.45, 7) is 4.00. The van der Waals surface area contributed by atoms with Crippen LogP contribution < -0.4 is 0 Å². The van der Waals surface area contributed by atoms with E-state index in [1.165, 1.54) is 0 Å². The molecule has 4 rings (SSSR count). The molecule has 144 valence electrons. The van der Waals surface area contributed by atoms with Crippen molar-refractivity contribution in [2.75, 3.05) is 0 Å². The predicted octanol–water partition coefficient (Wildman–Crippen LogP) is 7.62. The van der Waals surface area contributed by atoms with Crippen molar-refractivity contribution in [2.45, 2.75) is 13.8 Å². The molecule has 0 amide bonds. The van der Waals surface area contributed by atoms with Crippen molar-refractivity contribution >= 4 is 5.69 Å². The number of hydrogen-bond donors (Lipinski definition) is 0. The minimum Gasteiger partial charge on any atom is -0.258 e. The van der Waals surface area contributed by atoms with E-state index in [0.29, 0.717) is 5.56 Å². The van der Waals surface area contributed by atoms with E-state index in [1.807, 2.05) is 92.7 Å². The lowest BCUT2D eigenvalue weighted by molar-refractivity contribution is -0.384. The first kappa shape index (κ1) is 20.0. The van der Waals surface area contributed by atoms with Gasteiger partial charge in [-0.05, 0) is 52.1 Å². The zero-order valence-electron chi connectivity index (χ0n) is 16.6. The average molecular weight is 381 g/mol. The molecule has 4 aromatic rings. The first-order chi connectivity index (χ1) is 14.2. The average Bonchev–Trinajstić information content (AvgIpc) is 2.81.